The monoisotopic (exact) mass is 336 g/mol. The highest BCUT2D eigenvalue weighted by Crippen LogP contribution is 2.23. The van der Waals surface area contributed by atoms with E-state index in [0.717, 1.165) is 22.8 Å². The van der Waals surface area contributed by atoms with Gasteiger partial charge in [0.1, 0.15) is 5.75 Å². The Morgan fingerprint density at radius 3 is 2.96 bits per heavy atom. The molecule has 0 aliphatic heterocycles. The van der Waals surface area contributed by atoms with Gasteiger partial charge in [-0.2, -0.15) is 4.98 Å². The average molecular weight is 336 g/mol. The van der Waals surface area contributed by atoms with E-state index >= 15 is 0 Å². The second-order valence-electron chi connectivity index (χ2n) is 5.53. The lowest BCUT2D eigenvalue weighted by atomic mass is 10.2. The normalized spacial score (nSPS) is 11.0. The van der Waals surface area contributed by atoms with Crippen molar-refractivity contribution in [2.24, 2.45) is 0 Å². The fourth-order valence-electron chi connectivity index (χ4n) is 2.53. The highest BCUT2D eigenvalue weighted by Gasteiger charge is 2.15. The molecule has 0 saturated carbocycles. The van der Waals surface area contributed by atoms with Crippen LogP contribution in [-0.4, -0.2) is 38.9 Å². The van der Waals surface area contributed by atoms with Crippen LogP contribution in [0, 0.1) is 0 Å². The number of hydrogen-bond donors (Lipinski definition) is 0. The molecule has 126 valence electrons. The molecule has 0 bridgehead atoms. The van der Waals surface area contributed by atoms with Crippen molar-refractivity contribution in [3.63, 3.8) is 0 Å². The van der Waals surface area contributed by atoms with E-state index in [-0.39, 0.29) is 0 Å². The van der Waals surface area contributed by atoms with E-state index in [1.807, 2.05) is 65.0 Å². The molecule has 8 heteroatoms. The predicted octanol–water partition coefficient (Wildman–Crippen LogP) is 2.42. The maximum absolute atomic E-state index is 5.38. The highest BCUT2D eigenvalue weighted by atomic mass is 16.5. The van der Waals surface area contributed by atoms with Gasteiger partial charge in [-0.1, -0.05) is 23.4 Å². The van der Waals surface area contributed by atoms with Crippen LogP contribution in [-0.2, 0) is 6.54 Å². The quantitative estimate of drug-likeness (QED) is 0.553. The molecule has 0 spiro atoms. The lowest BCUT2D eigenvalue weighted by Crippen LogP contribution is -2.18. The maximum Gasteiger partial charge on any atom is 0.324 e. The van der Waals surface area contributed by atoms with Gasteiger partial charge < -0.3 is 14.2 Å². The average Bonchev–Trinajstić information content (AvgIpc) is 3.30. The van der Waals surface area contributed by atoms with E-state index < -0.39 is 0 Å². The number of benzene rings is 1. The van der Waals surface area contributed by atoms with Crippen molar-refractivity contribution in [2.45, 2.75) is 6.54 Å². The standard InChI is InChI=1S/C17H16N6O2/c1-22(11-15-20-19-14-8-3-4-9-23(14)15)17-18-16(21-25-17)12-6-5-7-13(10-12)24-2/h3-10H,11H2,1-2H3. The third-order valence-corrected chi connectivity index (χ3v) is 3.83. The Bertz CT molecular complexity index is 1010. The Balaban J connectivity index is 1.57. The summed E-state index contributed by atoms with van der Waals surface area (Å²) in [4.78, 5) is 6.29. The Hall–Kier alpha value is -3.42. The Morgan fingerprint density at radius 1 is 1.16 bits per heavy atom. The lowest BCUT2D eigenvalue weighted by molar-refractivity contribution is 0.414. The first-order valence-corrected chi connectivity index (χ1v) is 7.72. The number of rotatable bonds is 5. The number of aromatic nitrogens is 5. The first kappa shape index (κ1) is 15.1. The van der Waals surface area contributed by atoms with Crippen LogP contribution in [0.25, 0.3) is 17.0 Å². The maximum atomic E-state index is 5.38. The van der Waals surface area contributed by atoms with E-state index in [4.69, 9.17) is 9.26 Å². The molecule has 25 heavy (non-hydrogen) atoms. The van der Waals surface area contributed by atoms with Gasteiger partial charge in [0, 0.05) is 18.8 Å². The van der Waals surface area contributed by atoms with Crippen LogP contribution in [0.15, 0.2) is 53.2 Å². The van der Waals surface area contributed by atoms with Crippen molar-refractivity contribution < 1.29 is 9.26 Å². The van der Waals surface area contributed by atoms with Crippen LogP contribution >= 0.6 is 0 Å². The first-order chi connectivity index (χ1) is 12.2. The minimum atomic E-state index is 0.408. The van der Waals surface area contributed by atoms with Gasteiger partial charge in [-0.15, -0.1) is 10.2 Å². The van der Waals surface area contributed by atoms with Crippen molar-refractivity contribution in [3.8, 4) is 17.1 Å². The Morgan fingerprint density at radius 2 is 2.08 bits per heavy atom. The number of ether oxygens (including phenoxy) is 1. The number of methoxy groups -OCH3 is 1. The molecule has 0 aliphatic carbocycles. The minimum absolute atomic E-state index is 0.408. The lowest BCUT2D eigenvalue weighted by Gasteiger charge is -2.11. The summed E-state index contributed by atoms with van der Waals surface area (Å²) in [5, 5.41) is 12.4. The second kappa shape index (κ2) is 6.23. The van der Waals surface area contributed by atoms with Gasteiger partial charge in [0.05, 0.1) is 13.7 Å². The van der Waals surface area contributed by atoms with Gasteiger partial charge in [0.2, 0.25) is 5.82 Å². The summed E-state index contributed by atoms with van der Waals surface area (Å²) in [7, 11) is 3.49. The summed E-state index contributed by atoms with van der Waals surface area (Å²) < 4.78 is 12.5. The number of nitrogens with zero attached hydrogens (tertiary/aromatic N) is 6. The van der Waals surface area contributed by atoms with Gasteiger partial charge in [0.15, 0.2) is 11.5 Å². The molecular formula is C17H16N6O2. The van der Waals surface area contributed by atoms with Gasteiger partial charge in [0.25, 0.3) is 0 Å². The molecule has 0 saturated heterocycles. The van der Waals surface area contributed by atoms with Crippen LogP contribution in [0.2, 0.25) is 0 Å². The predicted molar refractivity (Wildman–Crippen MR) is 91.4 cm³/mol. The molecule has 0 fully saturated rings. The summed E-state index contributed by atoms with van der Waals surface area (Å²) in [5.41, 5.74) is 1.63. The third kappa shape index (κ3) is 2.89. The molecule has 8 nitrogen and oxygen atoms in total. The van der Waals surface area contributed by atoms with E-state index in [1.165, 1.54) is 0 Å². The first-order valence-electron chi connectivity index (χ1n) is 7.72. The van der Waals surface area contributed by atoms with E-state index in [2.05, 4.69) is 20.3 Å². The molecule has 4 rings (SSSR count). The largest absolute Gasteiger partial charge is 0.497 e. The summed E-state index contributed by atoms with van der Waals surface area (Å²) in [6.45, 7) is 0.491. The highest BCUT2D eigenvalue weighted by molar-refractivity contribution is 5.58. The van der Waals surface area contributed by atoms with Gasteiger partial charge in [-0.25, -0.2) is 0 Å². The van der Waals surface area contributed by atoms with E-state index in [1.54, 1.807) is 7.11 Å². The number of hydrogen-bond acceptors (Lipinski definition) is 7. The fraction of sp³-hybridized carbons (Fsp3) is 0.176. The summed E-state index contributed by atoms with van der Waals surface area (Å²) in [6, 6.07) is 13.7. The van der Waals surface area contributed by atoms with Crippen molar-refractivity contribution in [1.82, 2.24) is 24.7 Å². The molecule has 0 radical (unpaired) electrons. The van der Waals surface area contributed by atoms with Crippen molar-refractivity contribution >= 4 is 11.7 Å². The molecule has 0 amide bonds. The third-order valence-electron chi connectivity index (χ3n) is 3.83. The molecule has 0 atom stereocenters. The molecule has 0 N–H and O–H groups in total. The minimum Gasteiger partial charge on any atom is -0.497 e. The van der Waals surface area contributed by atoms with Crippen molar-refractivity contribution in [3.05, 3.63) is 54.5 Å². The summed E-state index contributed by atoms with van der Waals surface area (Å²) in [6.07, 6.45) is 1.92. The van der Waals surface area contributed by atoms with Gasteiger partial charge in [-0.3, -0.25) is 4.40 Å². The van der Waals surface area contributed by atoms with Gasteiger partial charge >= 0.3 is 6.01 Å². The van der Waals surface area contributed by atoms with Crippen LogP contribution in [0.1, 0.15) is 5.82 Å². The van der Waals surface area contributed by atoms with E-state index in [9.17, 15) is 0 Å². The van der Waals surface area contributed by atoms with Crippen LogP contribution in [0.3, 0.4) is 0 Å². The van der Waals surface area contributed by atoms with Crippen molar-refractivity contribution in [1.29, 1.82) is 0 Å². The zero-order valence-electron chi connectivity index (χ0n) is 13.8. The Labute approximate surface area is 143 Å². The zero-order valence-corrected chi connectivity index (χ0v) is 13.8. The number of anilines is 1. The SMILES string of the molecule is COc1cccc(-c2noc(N(C)Cc3nnc4ccccn34)n2)c1. The molecule has 3 heterocycles. The number of pyridine rings is 1. The fourth-order valence-corrected chi connectivity index (χ4v) is 2.53. The van der Waals surface area contributed by atoms with Crippen molar-refractivity contribution in [2.75, 3.05) is 19.1 Å². The van der Waals surface area contributed by atoms with Gasteiger partial charge in [-0.05, 0) is 24.3 Å². The molecule has 4 aromatic rings. The molecule has 0 aliphatic rings. The molecule has 1 aromatic carbocycles. The molecule has 0 unspecified atom stereocenters. The van der Waals surface area contributed by atoms with E-state index in [0.29, 0.717) is 18.4 Å². The molecular weight excluding hydrogens is 320 g/mol. The second-order valence-corrected chi connectivity index (χ2v) is 5.53. The smallest absolute Gasteiger partial charge is 0.324 e. The zero-order chi connectivity index (χ0) is 17.2. The van der Waals surface area contributed by atoms with Crippen LogP contribution < -0.4 is 9.64 Å². The summed E-state index contributed by atoms with van der Waals surface area (Å²) in [5.74, 6) is 2.04. The summed E-state index contributed by atoms with van der Waals surface area (Å²) >= 11 is 0. The topological polar surface area (TPSA) is 81.6 Å². The van der Waals surface area contributed by atoms with Crippen LogP contribution in [0.5, 0.6) is 5.75 Å². The van der Waals surface area contributed by atoms with Crippen LogP contribution in [0.4, 0.5) is 6.01 Å². The Kier molecular flexibility index (Phi) is 3.77. The molecule has 3 aromatic heterocycles. The number of fused-ring (bicyclic) bond motifs is 1.